The van der Waals surface area contributed by atoms with E-state index in [9.17, 15) is 14.7 Å². The summed E-state index contributed by atoms with van der Waals surface area (Å²) >= 11 is 6.19. The highest BCUT2D eigenvalue weighted by Crippen LogP contribution is 2.43. The zero-order chi connectivity index (χ0) is 23.6. The molecular formula is C25H28ClNO5. The molecule has 0 aliphatic carbocycles. The second-order valence-electron chi connectivity index (χ2n) is 8.00. The predicted molar refractivity (Wildman–Crippen MR) is 124 cm³/mol. The number of amides is 1. The lowest BCUT2D eigenvalue weighted by molar-refractivity contribution is -0.139. The molecule has 0 aromatic heterocycles. The third kappa shape index (κ3) is 4.19. The van der Waals surface area contributed by atoms with Gasteiger partial charge in [-0.25, -0.2) is 0 Å². The van der Waals surface area contributed by atoms with Crippen molar-refractivity contribution in [1.82, 2.24) is 4.90 Å². The number of nitrogens with zero attached hydrogens (tertiary/aromatic N) is 1. The van der Waals surface area contributed by atoms with Crippen LogP contribution in [0.4, 0.5) is 0 Å². The summed E-state index contributed by atoms with van der Waals surface area (Å²) in [6.07, 6.45) is 0.672. The quantitative estimate of drug-likeness (QED) is 0.346. The van der Waals surface area contributed by atoms with Gasteiger partial charge in [0, 0.05) is 12.6 Å². The first-order valence-electron chi connectivity index (χ1n) is 10.5. The van der Waals surface area contributed by atoms with Crippen molar-refractivity contribution in [2.24, 2.45) is 0 Å². The molecule has 1 amide bonds. The summed E-state index contributed by atoms with van der Waals surface area (Å²) in [5.74, 6) is -0.766. The first-order valence-corrected chi connectivity index (χ1v) is 10.9. The maximum atomic E-state index is 13.1. The standard InChI is InChI=1S/C25H28ClNO5/c1-6-11-27-22(16-9-7-15(8-10-16)14(2)3)21(24(29)25(27)30)23(28)17-12-20(32-5)18(26)13-19(17)31-4/h7-10,12-14,22,28H,6,11H2,1-5H3/b23-21+. The van der Waals surface area contributed by atoms with E-state index >= 15 is 0 Å². The molecule has 0 radical (unpaired) electrons. The number of hydrogen-bond donors (Lipinski definition) is 1. The van der Waals surface area contributed by atoms with Gasteiger partial charge in [-0.05, 0) is 29.5 Å². The van der Waals surface area contributed by atoms with Gasteiger partial charge in [-0.3, -0.25) is 9.59 Å². The summed E-state index contributed by atoms with van der Waals surface area (Å²) < 4.78 is 10.7. The van der Waals surface area contributed by atoms with Crippen LogP contribution in [0.2, 0.25) is 5.02 Å². The van der Waals surface area contributed by atoms with Crippen LogP contribution in [-0.4, -0.2) is 42.5 Å². The maximum Gasteiger partial charge on any atom is 0.295 e. The Morgan fingerprint density at radius 1 is 1.09 bits per heavy atom. The molecule has 6 nitrogen and oxygen atoms in total. The van der Waals surface area contributed by atoms with Crippen LogP contribution in [0, 0.1) is 0 Å². The minimum Gasteiger partial charge on any atom is -0.507 e. The molecule has 1 aliphatic heterocycles. The summed E-state index contributed by atoms with van der Waals surface area (Å²) in [4.78, 5) is 27.5. The molecule has 2 aromatic rings. The van der Waals surface area contributed by atoms with Gasteiger partial charge in [-0.15, -0.1) is 0 Å². The zero-order valence-corrected chi connectivity index (χ0v) is 19.7. The van der Waals surface area contributed by atoms with Crippen LogP contribution in [0.25, 0.3) is 5.76 Å². The summed E-state index contributed by atoms with van der Waals surface area (Å²) in [6.45, 7) is 6.51. The molecular weight excluding hydrogens is 430 g/mol. The largest absolute Gasteiger partial charge is 0.507 e. The Balaban J connectivity index is 2.24. The number of carbonyl (C=O) groups is 2. The Morgan fingerprint density at radius 2 is 1.72 bits per heavy atom. The normalized spacial score (nSPS) is 17.8. The number of hydrogen-bond acceptors (Lipinski definition) is 5. The molecule has 1 fully saturated rings. The molecule has 2 aromatic carbocycles. The lowest BCUT2D eigenvalue weighted by Crippen LogP contribution is -2.30. The van der Waals surface area contributed by atoms with Crippen molar-refractivity contribution in [3.05, 3.63) is 63.7 Å². The van der Waals surface area contributed by atoms with Gasteiger partial charge in [0.15, 0.2) is 0 Å². The van der Waals surface area contributed by atoms with E-state index in [-0.39, 0.29) is 22.6 Å². The Bertz CT molecular complexity index is 1060. The SMILES string of the molecule is CCCN1C(=O)C(=O)/C(=C(/O)c2cc(OC)c(Cl)cc2OC)C1c1ccc(C(C)C)cc1. The highest BCUT2D eigenvalue weighted by molar-refractivity contribution is 6.46. The fourth-order valence-electron chi connectivity index (χ4n) is 3.95. The number of halogens is 1. The number of methoxy groups -OCH3 is 2. The Morgan fingerprint density at radius 3 is 2.25 bits per heavy atom. The Kier molecular flexibility index (Phi) is 7.14. The number of ether oxygens (including phenoxy) is 2. The monoisotopic (exact) mass is 457 g/mol. The second kappa shape index (κ2) is 9.65. The summed E-state index contributed by atoms with van der Waals surface area (Å²) in [5, 5.41) is 11.6. The summed E-state index contributed by atoms with van der Waals surface area (Å²) in [5.41, 5.74) is 2.14. The third-order valence-electron chi connectivity index (χ3n) is 5.65. The maximum absolute atomic E-state index is 13.1. The van der Waals surface area contributed by atoms with E-state index < -0.39 is 17.7 Å². The van der Waals surface area contributed by atoms with E-state index in [0.717, 1.165) is 11.1 Å². The number of rotatable bonds is 7. The molecule has 170 valence electrons. The molecule has 32 heavy (non-hydrogen) atoms. The van der Waals surface area contributed by atoms with Crippen LogP contribution in [0.15, 0.2) is 42.0 Å². The van der Waals surface area contributed by atoms with E-state index in [1.54, 1.807) is 0 Å². The molecule has 1 N–H and O–H groups in total. The van der Waals surface area contributed by atoms with Gasteiger partial charge < -0.3 is 19.5 Å². The molecule has 1 saturated heterocycles. The number of carbonyl (C=O) groups excluding carboxylic acids is 2. The van der Waals surface area contributed by atoms with Crippen LogP contribution in [0.3, 0.4) is 0 Å². The van der Waals surface area contributed by atoms with Crippen molar-refractivity contribution in [2.45, 2.75) is 39.2 Å². The molecule has 0 saturated carbocycles. The van der Waals surface area contributed by atoms with Crippen LogP contribution in [0.1, 0.15) is 55.8 Å². The molecule has 0 bridgehead atoms. The number of aliphatic hydroxyl groups excluding tert-OH is 1. The van der Waals surface area contributed by atoms with Crippen molar-refractivity contribution >= 4 is 29.1 Å². The smallest absolute Gasteiger partial charge is 0.295 e. The van der Waals surface area contributed by atoms with Crippen molar-refractivity contribution in [3.8, 4) is 11.5 Å². The van der Waals surface area contributed by atoms with Crippen molar-refractivity contribution in [1.29, 1.82) is 0 Å². The molecule has 3 rings (SSSR count). The van der Waals surface area contributed by atoms with Gasteiger partial charge in [-0.2, -0.15) is 0 Å². The minimum absolute atomic E-state index is 0.0171. The number of benzene rings is 2. The number of aliphatic hydroxyl groups is 1. The highest BCUT2D eigenvalue weighted by Gasteiger charge is 2.46. The van der Waals surface area contributed by atoms with Crippen LogP contribution in [0.5, 0.6) is 11.5 Å². The van der Waals surface area contributed by atoms with Crippen molar-refractivity contribution in [2.75, 3.05) is 20.8 Å². The van der Waals surface area contributed by atoms with Gasteiger partial charge in [0.25, 0.3) is 11.7 Å². The third-order valence-corrected chi connectivity index (χ3v) is 5.95. The minimum atomic E-state index is -0.732. The van der Waals surface area contributed by atoms with Gasteiger partial charge in [0.2, 0.25) is 0 Å². The molecule has 1 unspecified atom stereocenters. The van der Waals surface area contributed by atoms with Gasteiger partial charge >= 0.3 is 0 Å². The molecule has 1 aliphatic rings. The van der Waals surface area contributed by atoms with E-state index in [1.807, 2.05) is 31.2 Å². The second-order valence-corrected chi connectivity index (χ2v) is 8.41. The lowest BCUT2D eigenvalue weighted by Gasteiger charge is -2.25. The fourth-order valence-corrected chi connectivity index (χ4v) is 4.18. The van der Waals surface area contributed by atoms with E-state index in [0.29, 0.717) is 29.7 Å². The first kappa shape index (κ1) is 23.7. The van der Waals surface area contributed by atoms with Crippen molar-refractivity contribution < 1.29 is 24.2 Å². The van der Waals surface area contributed by atoms with Crippen molar-refractivity contribution in [3.63, 3.8) is 0 Å². The topological polar surface area (TPSA) is 76.1 Å². The van der Waals surface area contributed by atoms with Gasteiger partial charge in [-0.1, -0.05) is 56.6 Å². The average Bonchev–Trinajstić information content (AvgIpc) is 3.03. The van der Waals surface area contributed by atoms with Crippen LogP contribution in [-0.2, 0) is 9.59 Å². The van der Waals surface area contributed by atoms with Crippen LogP contribution >= 0.6 is 11.6 Å². The van der Waals surface area contributed by atoms with E-state index in [2.05, 4.69) is 13.8 Å². The Labute approximate surface area is 193 Å². The van der Waals surface area contributed by atoms with Gasteiger partial charge in [0.05, 0.1) is 36.4 Å². The number of Topliss-reactive ketones (excluding diaryl/α,β-unsaturated/α-hetero) is 1. The number of ketones is 1. The molecule has 1 atom stereocenters. The summed E-state index contributed by atoms with van der Waals surface area (Å²) in [6, 6.07) is 10.1. The van der Waals surface area contributed by atoms with Crippen LogP contribution < -0.4 is 9.47 Å². The molecule has 7 heteroatoms. The first-order chi connectivity index (χ1) is 15.2. The molecule has 1 heterocycles. The molecule has 0 spiro atoms. The average molecular weight is 458 g/mol. The van der Waals surface area contributed by atoms with Gasteiger partial charge in [0.1, 0.15) is 17.3 Å². The zero-order valence-electron chi connectivity index (χ0n) is 18.9. The predicted octanol–water partition coefficient (Wildman–Crippen LogP) is 5.31. The summed E-state index contributed by atoms with van der Waals surface area (Å²) in [7, 11) is 2.89. The fraction of sp³-hybridized carbons (Fsp3) is 0.360. The van der Waals surface area contributed by atoms with E-state index in [4.69, 9.17) is 21.1 Å². The lowest BCUT2D eigenvalue weighted by atomic mass is 9.93. The number of likely N-dealkylation sites (tertiary alicyclic amines) is 1. The highest BCUT2D eigenvalue weighted by atomic mass is 35.5. The van der Waals surface area contributed by atoms with E-state index in [1.165, 1.54) is 31.3 Å². The Hall–Kier alpha value is -2.99.